The highest BCUT2D eigenvalue weighted by Gasteiger charge is 2.33. The van der Waals surface area contributed by atoms with Gasteiger partial charge in [-0.3, -0.25) is 10.1 Å². The van der Waals surface area contributed by atoms with E-state index in [0.717, 1.165) is 0 Å². The average molecular weight is 251 g/mol. The fourth-order valence-corrected chi connectivity index (χ4v) is 2.06. The van der Waals surface area contributed by atoms with E-state index in [1.54, 1.807) is 18.2 Å². The minimum absolute atomic E-state index is 0.0891. The summed E-state index contributed by atoms with van der Waals surface area (Å²) in [6.45, 7) is 1.22. The summed E-state index contributed by atoms with van der Waals surface area (Å²) in [5.41, 5.74) is 0.486. The van der Waals surface area contributed by atoms with Crippen molar-refractivity contribution in [1.29, 1.82) is 0 Å². The molecule has 1 fully saturated rings. The van der Waals surface area contributed by atoms with Crippen LogP contribution in [0.3, 0.4) is 0 Å². The Bertz CT molecular complexity index is 477. The van der Waals surface area contributed by atoms with E-state index in [4.69, 9.17) is 5.11 Å². The van der Waals surface area contributed by atoms with Crippen LogP contribution in [0.25, 0.3) is 0 Å². The topological polar surface area (TPSA) is 95.7 Å². The molecule has 7 heteroatoms. The average Bonchev–Trinajstić information content (AvgIpc) is 2.38. The Morgan fingerprint density at radius 2 is 2.22 bits per heavy atom. The number of aromatic carboxylic acids is 1. The first kappa shape index (κ1) is 12.3. The largest absolute Gasteiger partial charge is 0.478 e. The fraction of sp³-hybridized carbons (Fsp3) is 0.364. The van der Waals surface area contributed by atoms with Crippen LogP contribution in [-0.2, 0) is 0 Å². The van der Waals surface area contributed by atoms with Gasteiger partial charge in [-0.05, 0) is 12.1 Å². The van der Waals surface area contributed by atoms with Gasteiger partial charge in [-0.2, -0.15) is 0 Å². The Kier molecular flexibility index (Phi) is 3.42. The maximum atomic E-state index is 11.1. The Morgan fingerprint density at radius 3 is 2.89 bits per heavy atom. The molecule has 0 spiro atoms. The van der Waals surface area contributed by atoms with Crippen molar-refractivity contribution in [2.45, 2.75) is 6.17 Å². The molecule has 7 nitrogen and oxygen atoms in total. The summed E-state index contributed by atoms with van der Waals surface area (Å²) in [5.74, 6) is -1.08. The van der Waals surface area contributed by atoms with E-state index in [-0.39, 0.29) is 12.1 Å². The van der Waals surface area contributed by atoms with Crippen LogP contribution < -0.4 is 10.2 Å². The van der Waals surface area contributed by atoms with Crippen LogP contribution >= 0.6 is 0 Å². The number of nitrogens with one attached hydrogen (secondary N) is 1. The molecule has 2 N–H and O–H groups in total. The number of nitrogens with zero attached hydrogens (tertiary/aromatic N) is 2. The molecule has 2 rings (SSSR count). The molecule has 1 aliphatic rings. The molecule has 1 aromatic carbocycles. The van der Waals surface area contributed by atoms with E-state index in [0.29, 0.717) is 18.8 Å². The third-order valence-corrected chi connectivity index (χ3v) is 2.90. The molecule has 1 aromatic rings. The predicted molar refractivity (Wildman–Crippen MR) is 64.4 cm³/mol. The van der Waals surface area contributed by atoms with Crippen LogP contribution in [0.15, 0.2) is 24.3 Å². The van der Waals surface area contributed by atoms with Crippen molar-refractivity contribution in [3.63, 3.8) is 0 Å². The van der Waals surface area contributed by atoms with Crippen LogP contribution in [0.2, 0.25) is 0 Å². The molecule has 1 unspecified atom stereocenters. The third kappa shape index (κ3) is 2.25. The maximum absolute atomic E-state index is 11.1. The maximum Gasteiger partial charge on any atom is 0.337 e. The van der Waals surface area contributed by atoms with Gasteiger partial charge in [0.2, 0.25) is 0 Å². The van der Waals surface area contributed by atoms with E-state index >= 15 is 0 Å². The predicted octanol–water partition coefficient (Wildman–Crippen LogP) is 0.397. The molecule has 0 saturated carbocycles. The number of nitro groups is 1. The Morgan fingerprint density at radius 1 is 1.50 bits per heavy atom. The second kappa shape index (κ2) is 5.01. The lowest BCUT2D eigenvalue weighted by atomic mass is 10.1. The van der Waals surface area contributed by atoms with Crippen molar-refractivity contribution in [2.24, 2.45) is 0 Å². The van der Waals surface area contributed by atoms with Crippen molar-refractivity contribution in [1.82, 2.24) is 5.32 Å². The lowest BCUT2D eigenvalue weighted by Crippen LogP contribution is -2.55. The third-order valence-electron chi connectivity index (χ3n) is 2.90. The Labute approximate surface area is 103 Å². The molecule has 1 heterocycles. The van der Waals surface area contributed by atoms with E-state index in [2.05, 4.69) is 5.32 Å². The van der Waals surface area contributed by atoms with Crippen LogP contribution in [-0.4, -0.2) is 41.8 Å². The molecular formula is C11H13N3O4. The van der Waals surface area contributed by atoms with Gasteiger partial charge in [0.05, 0.1) is 17.8 Å². The summed E-state index contributed by atoms with van der Waals surface area (Å²) in [7, 11) is 0. The molecule has 0 bridgehead atoms. The normalized spacial score (nSPS) is 19.6. The number of hydrogen-bond donors (Lipinski definition) is 2. The highest BCUT2D eigenvalue weighted by Crippen LogP contribution is 2.23. The second-order valence-corrected chi connectivity index (χ2v) is 3.99. The monoisotopic (exact) mass is 251 g/mol. The molecule has 0 amide bonds. The minimum atomic E-state index is -1.08. The van der Waals surface area contributed by atoms with Crippen molar-refractivity contribution >= 4 is 11.7 Å². The quantitative estimate of drug-likeness (QED) is 0.596. The molecule has 96 valence electrons. The van der Waals surface area contributed by atoms with Crippen molar-refractivity contribution in [3.8, 4) is 0 Å². The Balaban J connectivity index is 2.39. The first-order chi connectivity index (χ1) is 8.61. The summed E-state index contributed by atoms with van der Waals surface area (Å²) >= 11 is 0. The van der Waals surface area contributed by atoms with Gasteiger partial charge in [-0.15, -0.1) is 0 Å². The van der Waals surface area contributed by atoms with Crippen LogP contribution in [0.5, 0.6) is 0 Å². The summed E-state index contributed by atoms with van der Waals surface area (Å²) in [5, 5.41) is 23.0. The summed E-state index contributed by atoms with van der Waals surface area (Å²) in [6, 6.07) is 6.35. The highest BCUT2D eigenvalue weighted by molar-refractivity contribution is 5.94. The molecule has 1 saturated heterocycles. The zero-order chi connectivity index (χ0) is 13.1. The lowest BCUT2D eigenvalue weighted by molar-refractivity contribution is -0.520. The van der Waals surface area contributed by atoms with Gasteiger partial charge in [0.25, 0.3) is 6.17 Å². The molecule has 1 aliphatic heterocycles. The van der Waals surface area contributed by atoms with Gasteiger partial charge >= 0.3 is 5.97 Å². The lowest BCUT2D eigenvalue weighted by Gasteiger charge is -2.32. The van der Waals surface area contributed by atoms with Crippen LogP contribution in [0.1, 0.15) is 10.4 Å². The molecular weight excluding hydrogens is 238 g/mol. The van der Waals surface area contributed by atoms with Gasteiger partial charge in [-0.25, -0.2) is 4.79 Å². The summed E-state index contributed by atoms with van der Waals surface area (Å²) in [4.78, 5) is 23.3. The smallest absolute Gasteiger partial charge is 0.337 e. The number of carboxylic acids is 1. The molecule has 0 radical (unpaired) electrons. The molecule has 0 aromatic heterocycles. The molecule has 1 atom stereocenters. The van der Waals surface area contributed by atoms with E-state index < -0.39 is 17.1 Å². The zero-order valence-corrected chi connectivity index (χ0v) is 9.57. The van der Waals surface area contributed by atoms with Gasteiger partial charge < -0.3 is 15.3 Å². The number of rotatable bonds is 3. The molecule has 18 heavy (non-hydrogen) atoms. The number of hydrogen-bond acceptors (Lipinski definition) is 5. The van der Waals surface area contributed by atoms with Crippen molar-refractivity contribution < 1.29 is 14.8 Å². The van der Waals surface area contributed by atoms with E-state index in [9.17, 15) is 14.9 Å². The van der Waals surface area contributed by atoms with Gasteiger partial charge in [-0.1, -0.05) is 12.1 Å². The number of benzene rings is 1. The number of para-hydroxylation sites is 1. The van der Waals surface area contributed by atoms with Gasteiger partial charge in [0.15, 0.2) is 0 Å². The number of carboxylic acid groups (broad SMARTS) is 1. The number of piperazine rings is 1. The minimum Gasteiger partial charge on any atom is -0.478 e. The van der Waals surface area contributed by atoms with Crippen molar-refractivity contribution in [2.75, 3.05) is 24.5 Å². The van der Waals surface area contributed by atoms with Crippen molar-refractivity contribution in [3.05, 3.63) is 39.9 Å². The second-order valence-electron chi connectivity index (χ2n) is 3.99. The molecule has 0 aliphatic carbocycles. The van der Waals surface area contributed by atoms with E-state index in [1.165, 1.54) is 11.0 Å². The van der Waals surface area contributed by atoms with Gasteiger partial charge in [0, 0.05) is 18.0 Å². The zero-order valence-electron chi connectivity index (χ0n) is 9.57. The first-order valence-electron chi connectivity index (χ1n) is 5.54. The Hall–Kier alpha value is -2.15. The van der Waals surface area contributed by atoms with E-state index in [1.807, 2.05) is 0 Å². The summed E-state index contributed by atoms with van der Waals surface area (Å²) in [6.07, 6.45) is -0.931. The van der Waals surface area contributed by atoms with Crippen LogP contribution in [0.4, 0.5) is 5.69 Å². The SMILES string of the molecule is O=C(O)c1ccccc1N1CCNCC1[N+](=O)[O-]. The first-order valence-corrected chi connectivity index (χ1v) is 5.54. The summed E-state index contributed by atoms with van der Waals surface area (Å²) < 4.78 is 0. The number of carbonyl (C=O) groups is 1. The standard InChI is InChI=1S/C11H13N3O4/c15-11(16)8-3-1-2-4-9(8)13-6-5-12-7-10(13)14(17)18/h1-4,10,12H,5-7H2,(H,15,16). The highest BCUT2D eigenvalue weighted by atomic mass is 16.6. The van der Waals surface area contributed by atoms with Crippen LogP contribution in [0, 0.1) is 10.1 Å². The fourth-order valence-electron chi connectivity index (χ4n) is 2.06. The number of anilines is 1. The van der Waals surface area contributed by atoms with Gasteiger partial charge in [0.1, 0.15) is 0 Å².